The van der Waals surface area contributed by atoms with Crippen molar-refractivity contribution in [3.8, 4) is 0 Å². The molecule has 0 saturated heterocycles. The average Bonchev–Trinajstić information content (AvgIpc) is 3.01. The number of nitrogens with one attached hydrogen (secondary N) is 1. The fourth-order valence-electron chi connectivity index (χ4n) is 3.14. The minimum Gasteiger partial charge on any atom is -0.347 e. The number of hydrogen-bond donors (Lipinski definition) is 1. The lowest BCUT2D eigenvalue weighted by Gasteiger charge is -2.09. The molecule has 2 aromatic carbocycles. The SMILES string of the molecule is O=c1c2ccccc2[nH]c(=S)n1CCCn1ccc2ccccc21. The molecule has 1 N–H and O–H groups in total. The van der Waals surface area contributed by atoms with Gasteiger partial charge in [-0.25, -0.2) is 0 Å². The first-order valence-electron chi connectivity index (χ1n) is 8.00. The first-order valence-corrected chi connectivity index (χ1v) is 8.40. The third-order valence-electron chi connectivity index (χ3n) is 4.35. The van der Waals surface area contributed by atoms with E-state index >= 15 is 0 Å². The lowest BCUT2D eigenvalue weighted by Crippen LogP contribution is -2.22. The van der Waals surface area contributed by atoms with E-state index in [1.54, 1.807) is 4.57 Å². The Balaban J connectivity index is 1.59. The molecule has 0 unspecified atom stereocenters. The standard InChI is InChI=1S/C19H17N3OS/c23-18-15-7-2-3-8-16(15)20-19(24)22(18)12-5-11-21-13-10-14-6-1-4-9-17(14)21/h1-4,6-10,13H,5,11-12H2,(H,20,24). The van der Waals surface area contributed by atoms with Crippen LogP contribution >= 0.6 is 12.2 Å². The van der Waals surface area contributed by atoms with E-state index in [9.17, 15) is 4.79 Å². The molecule has 4 nitrogen and oxygen atoms in total. The molecule has 5 heteroatoms. The first-order chi connectivity index (χ1) is 11.7. The Kier molecular flexibility index (Phi) is 3.78. The maximum atomic E-state index is 12.6. The molecule has 0 fully saturated rings. The summed E-state index contributed by atoms with van der Waals surface area (Å²) in [6, 6.07) is 17.9. The molecule has 24 heavy (non-hydrogen) atoms. The third kappa shape index (κ3) is 2.57. The molecular formula is C19H17N3OS. The Morgan fingerprint density at radius 1 is 0.958 bits per heavy atom. The first kappa shape index (κ1) is 14.9. The van der Waals surface area contributed by atoms with E-state index in [1.807, 2.05) is 36.4 Å². The number of aromatic amines is 1. The summed E-state index contributed by atoms with van der Waals surface area (Å²) in [6.07, 6.45) is 2.93. The zero-order chi connectivity index (χ0) is 16.5. The summed E-state index contributed by atoms with van der Waals surface area (Å²) in [6.45, 7) is 1.45. The van der Waals surface area contributed by atoms with Crippen molar-refractivity contribution in [2.75, 3.05) is 0 Å². The van der Waals surface area contributed by atoms with Crippen LogP contribution in [0.2, 0.25) is 0 Å². The van der Waals surface area contributed by atoms with Gasteiger partial charge in [0.15, 0.2) is 4.77 Å². The molecule has 2 heterocycles. The summed E-state index contributed by atoms with van der Waals surface area (Å²) < 4.78 is 4.36. The number of aromatic nitrogens is 3. The van der Waals surface area contributed by atoms with Crippen molar-refractivity contribution in [3.63, 3.8) is 0 Å². The van der Waals surface area contributed by atoms with Crippen LogP contribution < -0.4 is 5.56 Å². The minimum atomic E-state index is -0.0216. The molecule has 0 atom stereocenters. The molecule has 0 aliphatic rings. The van der Waals surface area contributed by atoms with Gasteiger partial charge in [-0.2, -0.15) is 0 Å². The van der Waals surface area contributed by atoms with E-state index in [0.717, 1.165) is 18.5 Å². The van der Waals surface area contributed by atoms with Gasteiger partial charge < -0.3 is 9.55 Å². The van der Waals surface area contributed by atoms with Gasteiger partial charge in [-0.15, -0.1) is 0 Å². The normalized spacial score (nSPS) is 11.3. The highest BCUT2D eigenvalue weighted by Gasteiger charge is 2.05. The van der Waals surface area contributed by atoms with E-state index in [0.29, 0.717) is 16.7 Å². The van der Waals surface area contributed by atoms with Crippen molar-refractivity contribution in [1.29, 1.82) is 0 Å². The fourth-order valence-corrected chi connectivity index (χ4v) is 3.42. The third-order valence-corrected chi connectivity index (χ3v) is 4.67. The summed E-state index contributed by atoms with van der Waals surface area (Å²) in [7, 11) is 0. The van der Waals surface area contributed by atoms with Gasteiger partial charge >= 0.3 is 0 Å². The van der Waals surface area contributed by atoms with Gasteiger partial charge in [0.05, 0.1) is 10.9 Å². The van der Waals surface area contributed by atoms with Crippen molar-refractivity contribution in [2.45, 2.75) is 19.5 Å². The van der Waals surface area contributed by atoms with Crippen LogP contribution in [0.1, 0.15) is 6.42 Å². The van der Waals surface area contributed by atoms with Crippen LogP contribution in [-0.2, 0) is 13.1 Å². The number of H-pyrrole nitrogens is 1. The molecule has 0 aliphatic heterocycles. The number of para-hydroxylation sites is 2. The van der Waals surface area contributed by atoms with Crippen LogP contribution in [0.3, 0.4) is 0 Å². The average molecular weight is 335 g/mol. The second kappa shape index (κ2) is 6.09. The van der Waals surface area contributed by atoms with Crippen LogP contribution in [-0.4, -0.2) is 14.1 Å². The highest BCUT2D eigenvalue weighted by Crippen LogP contribution is 2.15. The quantitative estimate of drug-likeness (QED) is 0.571. The van der Waals surface area contributed by atoms with Gasteiger partial charge in [-0.05, 0) is 48.3 Å². The Morgan fingerprint density at radius 2 is 1.75 bits per heavy atom. The molecule has 0 bridgehead atoms. The second-order valence-electron chi connectivity index (χ2n) is 5.85. The zero-order valence-electron chi connectivity index (χ0n) is 13.1. The van der Waals surface area contributed by atoms with Crippen LogP contribution in [0, 0.1) is 4.77 Å². The highest BCUT2D eigenvalue weighted by molar-refractivity contribution is 7.71. The molecule has 4 rings (SSSR count). The lowest BCUT2D eigenvalue weighted by molar-refractivity contribution is 0.554. The second-order valence-corrected chi connectivity index (χ2v) is 6.24. The minimum absolute atomic E-state index is 0.0216. The predicted octanol–water partition coefficient (Wildman–Crippen LogP) is 4.10. The van der Waals surface area contributed by atoms with Gasteiger partial charge in [0.25, 0.3) is 5.56 Å². The Labute approximate surface area is 144 Å². The lowest BCUT2D eigenvalue weighted by atomic mass is 10.2. The molecule has 4 aromatic rings. The van der Waals surface area contributed by atoms with Gasteiger partial charge in [0.2, 0.25) is 0 Å². The van der Waals surface area contributed by atoms with E-state index < -0.39 is 0 Å². The van der Waals surface area contributed by atoms with E-state index in [-0.39, 0.29) is 5.56 Å². The monoisotopic (exact) mass is 335 g/mol. The molecule has 0 saturated carbocycles. The molecule has 120 valence electrons. The van der Waals surface area contributed by atoms with Crippen LogP contribution in [0.25, 0.3) is 21.8 Å². The van der Waals surface area contributed by atoms with Crippen molar-refractivity contribution in [1.82, 2.24) is 14.1 Å². The zero-order valence-corrected chi connectivity index (χ0v) is 13.9. The van der Waals surface area contributed by atoms with E-state index in [1.165, 1.54) is 10.9 Å². The van der Waals surface area contributed by atoms with Crippen LogP contribution in [0.5, 0.6) is 0 Å². The number of hydrogen-bond acceptors (Lipinski definition) is 2. The Bertz CT molecular complexity index is 1140. The number of aryl methyl sites for hydroxylation is 1. The Hall–Kier alpha value is -2.66. The number of benzene rings is 2. The smallest absolute Gasteiger partial charge is 0.262 e. The topological polar surface area (TPSA) is 42.7 Å². The highest BCUT2D eigenvalue weighted by atomic mass is 32.1. The van der Waals surface area contributed by atoms with Gasteiger partial charge in [-0.1, -0.05) is 30.3 Å². The fraction of sp³-hybridized carbons (Fsp3) is 0.158. The maximum Gasteiger partial charge on any atom is 0.262 e. The molecule has 0 radical (unpaired) electrons. The van der Waals surface area contributed by atoms with Crippen molar-refractivity contribution in [3.05, 3.63) is 75.9 Å². The van der Waals surface area contributed by atoms with Gasteiger partial charge in [0, 0.05) is 24.8 Å². The summed E-state index contributed by atoms with van der Waals surface area (Å²) in [5.41, 5.74) is 1.99. The van der Waals surface area contributed by atoms with Crippen molar-refractivity contribution >= 4 is 34.0 Å². The van der Waals surface area contributed by atoms with Gasteiger partial charge in [-0.3, -0.25) is 9.36 Å². The molecule has 0 aliphatic carbocycles. The number of fused-ring (bicyclic) bond motifs is 2. The summed E-state index contributed by atoms with van der Waals surface area (Å²) >= 11 is 5.36. The maximum absolute atomic E-state index is 12.6. The molecule has 0 amide bonds. The molecule has 2 aromatic heterocycles. The summed E-state index contributed by atoms with van der Waals surface area (Å²) in [5.74, 6) is 0. The summed E-state index contributed by atoms with van der Waals surface area (Å²) in [4.78, 5) is 15.8. The summed E-state index contributed by atoms with van der Waals surface area (Å²) in [5, 5.41) is 1.91. The van der Waals surface area contributed by atoms with E-state index in [2.05, 4.69) is 33.9 Å². The van der Waals surface area contributed by atoms with Crippen LogP contribution in [0.4, 0.5) is 0 Å². The van der Waals surface area contributed by atoms with Crippen molar-refractivity contribution in [2.24, 2.45) is 0 Å². The molecule has 0 spiro atoms. The molecular weight excluding hydrogens is 318 g/mol. The van der Waals surface area contributed by atoms with Crippen molar-refractivity contribution < 1.29 is 0 Å². The number of rotatable bonds is 4. The largest absolute Gasteiger partial charge is 0.347 e. The van der Waals surface area contributed by atoms with Gasteiger partial charge in [0.1, 0.15) is 0 Å². The van der Waals surface area contributed by atoms with Crippen LogP contribution in [0.15, 0.2) is 65.6 Å². The van der Waals surface area contributed by atoms with E-state index in [4.69, 9.17) is 12.2 Å². The number of nitrogens with zero attached hydrogens (tertiary/aromatic N) is 2. The Morgan fingerprint density at radius 3 is 2.67 bits per heavy atom. The predicted molar refractivity (Wildman–Crippen MR) is 99.9 cm³/mol.